The molecule has 0 aliphatic heterocycles. The predicted octanol–water partition coefficient (Wildman–Crippen LogP) is 9.98. The highest BCUT2D eigenvalue weighted by molar-refractivity contribution is 7.98. The van der Waals surface area contributed by atoms with E-state index in [2.05, 4.69) is 94.4 Å². The molecule has 202 valence electrons. The van der Waals surface area contributed by atoms with Crippen LogP contribution < -0.4 is 5.32 Å². The topological polar surface area (TPSA) is 40.7 Å². The highest BCUT2D eigenvalue weighted by atomic mass is 32.2. The van der Waals surface area contributed by atoms with Crippen molar-refractivity contribution in [3.63, 3.8) is 0 Å². The molecule has 1 aliphatic carbocycles. The Labute approximate surface area is 228 Å². The Bertz CT molecular complexity index is 1130. The molecule has 1 saturated carbocycles. The molecule has 1 aromatic carbocycles. The van der Waals surface area contributed by atoms with Crippen LogP contribution in [0, 0.1) is 23.1 Å². The lowest BCUT2D eigenvalue weighted by Gasteiger charge is -2.20. The van der Waals surface area contributed by atoms with Crippen molar-refractivity contribution in [1.82, 2.24) is 10.2 Å². The van der Waals surface area contributed by atoms with E-state index in [0.717, 1.165) is 36.3 Å². The van der Waals surface area contributed by atoms with Gasteiger partial charge in [0.15, 0.2) is 5.82 Å². The first-order valence-corrected chi connectivity index (χ1v) is 15.0. The van der Waals surface area contributed by atoms with Gasteiger partial charge >= 0.3 is 0 Å². The summed E-state index contributed by atoms with van der Waals surface area (Å²) in [6, 6.07) is 5.66. The first kappa shape index (κ1) is 29.3. The summed E-state index contributed by atoms with van der Waals surface area (Å²) in [4.78, 5) is 1.01. The normalized spacial score (nSPS) is 19.4. The highest BCUT2D eigenvalue weighted by Crippen LogP contribution is 2.42. The maximum absolute atomic E-state index is 14.9. The van der Waals surface area contributed by atoms with Gasteiger partial charge in [0.05, 0.1) is 5.69 Å². The average molecular weight is 524 g/mol. The fourth-order valence-electron chi connectivity index (χ4n) is 5.37. The van der Waals surface area contributed by atoms with E-state index in [-0.39, 0.29) is 11.2 Å². The molecule has 2 unspecified atom stereocenters. The zero-order chi connectivity index (χ0) is 27.2. The number of thioether (sulfide) groups is 1. The largest absolute Gasteiger partial charge is 0.336 e. The van der Waals surface area contributed by atoms with Gasteiger partial charge in [0.2, 0.25) is 0 Å². The molecule has 2 N–H and O–H groups in total. The van der Waals surface area contributed by atoms with E-state index < -0.39 is 0 Å². The summed E-state index contributed by atoms with van der Waals surface area (Å²) in [7, 11) is 0. The molecule has 3 rings (SSSR count). The first-order chi connectivity index (χ1) is 17.5. The molecule has 37 heavy (non-hydrogen) atoms. The minimum absolute atomic E-state index is 0.144. The van der Waals surface area contributed by atoms with Gasteiger partial charge in [0.25, 0.3) is 0 Å². The molecule has 0 radical (unpaired) electrons. The van der Waals surface area contributed by atoms with Gasteiger partial charge in [-0.15, -0.1) is 11.8 Å². The molecular weight excluding hydrogens is 477 g/mol. The zero-order valence-electron chi connectivity index (χ0n) is 24.0. The molecule has 2 aromatic rings. The number of allylic oxidation sites excluding steroid dienone is 6. The van der Waals surface area contributed by atoms with Crippen molar-refractivity contribution >= 4 is 23.3 Å². The fourth-order valence-corrected chi connectivity index (χ4v) is 6.00. The average Bonchev–Trinajstić information content (AvgIpc) is 3.49. The number of nitrogens with one attached hydrogen (secondary N) is 2. The number of hydrogen-bond acceptors (Lipinski definition) is 3. The number of anilines is 2. The lowest BCUT2D eigenvalue weighted by Crippen LogP contribution is -2.07. The van der Waals surface area contributed by atoms with E-state index in [1.54, 1.807) is 17.8 Å². The van der Waals surface area contributed by atoms with Crippen LogP contribution in [0.1, 0.15) is 91.3 Å². The van der Waals surface area contributed by atoms with Crippen LogP contribution in [-0.2, 0) is 6.42 Å². The maximum Gasteiger partial charge on any atom is 0.152 e. The summed E-state index contributed by atoms with van der Waals surface area (Å²) in [6.45, 7) is 15.5. The van der Waals surface area contributed by atoms with Crippen molar-refractivity contribution in [1.29, 1.82) is 0 Å². The van der Waals surface area contributed by atoms with Gasteiger partial charge in [-0.1, -0.05) is 65.8 Å². The Morgan fingerprint density at radius 2 is 1.97 bits per heavy atom. The first-order valence-electron chi connectivity index (χ1n) is 13.8. The summed E-state index contributed by atoms with van der Waals surface area (Å²) in [5.74, 6) is 1.94. The number of aromatic nitrogens is 2. The summed E-state index contributed by atoms with van der Waals surface area (Å²) in [6.07, 6.45) is 16.6. The van der Waals surface area contributed by atoms with Gasteiger partial charge < -0.3 is 5.32 Å². The van der Waals surface area contributed by atoms with Gasteiger partial charge in [-0.3, -0.25) is 5.10 Å². The third kappa shape index (κ3) is 7.86. The molecule has 2 atom stereocenters. The summed E-state index contributed by atoms with van der Waals surface area (Å²) < 4.78 is 14.9. The third-order valence-electron chi connectivity index (χ3n) is 7.27. The second-order valence-corrected chi connectivity index (χ2v) is 12.6. The molecule has 3 nitrogen and oxygen atoms in total. The molecule has 0 saturated heterocycles. The second kappa shape index (κ2) is 13.0. The number of halogens is 1. The van der Waals surface area contributed by atoms with Crippen LogP contribution in [0.3, 0.4) is 0 Å². The van der Waals surface area contributed by atoms with Crippen LogP contribution in [0.15, 0.2) is 58.5 Å². The number of hydrogen-bond donors (Lipinski definition) is 2. The van der Waals surface area contributed by atoms with E-state index in [1.807, 2.05) is 12.3 Å². The summed E-state index contributed by atoms with van der Waals surface area (Å²) in [5, 5.41) is 11.0. The predicted molar refractivity (Wildman–Crippen MR) is 159 cm³/mol. The minimum Gasteiger partial charge on any atom is -0.336 e. The number of benzene rings is 1. The molecule has 0 amide bonds. The Balaban J connectivity index is 1.72. The van der Waals surface area contributed by atoms with Crippen LogP contribution in [0.25, 0.3) is 0 Å². The van der Waals surface area contributed by atoms with Crippen molar-refractivity contribution in [2.45, 2.75) is 91.4 Å². The molecule has 1 fully saturated rings. The number of rotatable bonds is 10. The van der Waals surface area contributed by atoms with Crippen LogP contribution in [0.4, 0.5) is 15.9 Å². The SMILES string of the molecule is C\C=C(/C=C\C(=C\CC)C1CCC(c2cc(Nc3cc(CC(C)C)c(SC)cc3F)n[nH]2)C1)C(C)(C)C. The Morgan fingerprint density at radius 1 is 1.22 bits per heavy atom. The van der Waals surface area contributed by atoms with Crippen LogP contribution >= 0.6 is 11.8 Å². The summed E-state index contributed by atoms with van der Waals surface area (Å²) in [5.41, 5.74) is 5.76. The zero-order valence-corrected chi connectivity index (χ0v) is 24.9. The van der Waals surface area contributed by atoms with Crippen LogP contribution in [-0.4, -0.2) is 16.5 Å². The van der Waals surface area contributed by atoms with Crippen LogP contribution in [0.2, 0.25) is 0 Å². The van der Waals surface area contributed by atoms with E-state index in [0.29, 0.717) is 29.3 Å². The standard InChI is InChI=1S/C32H46FN3S/c1-9-11-22(14-15-26(10-2)32(5,6)7)23-12-13-24(17-23)28-20-31(36-35-28)34-29-18-25(16-21(3)4)30(37-8)19-27(29)33/h10-11,14-15,18-21,23-24H,9,12-13,16-17H2,1-8H3,(H2,34,35,36)/b15-14-,22-11-,26-10+. The lowest BCUT2D eigenvalue weighted by molar-refractivity contribution is 0.516. The Morgan fingerprint density at radius 3 is 2.59 bits per heavy atom. The van der Waals surface area contributed by atoms with E-state index in [1.165, 1.54) is 23.1 Å². The van der Waals surface area contributed by atoms with Gasteiger partial charge in [-0.05, 0) is 91.4 Å². The monoisotopic (exact) mass is 523 g/mol. The van der Waals surface area contributed by atoms with Gasteiger partial charge in [-0.25, -0.2) is 4.39 Å². The quantitative estimate of drug-likeness (QED) is 0.240. The van der Waals surface area contributed by atoms with Crippen molar-refractivity contribution in [3.8, 4) is 0 Å². The van der Waals surface area contributed by atoms with Gasteiger partial charge in [0.1, 0.15) is 5.82 Å². The smallest absolute Gasteiger partial charge is 0.152 e. The molecule has 5 heteroatoms. The maximum atomic E-state index is 14.9. The molecule has 0 bridgehead atoms. The minimum atomic E-state index is -0.237. The van der Waals surface area contributed by atoms with E-state index in [9.17, 15) is 4.39 Å². The van der Waals surface area contributed by atoms with Gasteiger partial charge in [0, 0.05) is 22.6 Å². The van der Waals surface area contributed by atoms with Crippen molar-refractivity contribution in [2.24, 2.45) is 17.3 Å². The Kier molecular flexibility index (Phi) is 10.3. The molecular formula is C32H46FN3S. The summed E-state index contributed by atoms with van der Waals surface area (Å²) >= 11 is 1.60. The molecule has 1 aromatic heterocycles. The number of aromatic amines is 1. The lowest BCUT2D eigenvalue weighted by atomic mass is 9.85. The second-order valence-electron chi connectivity index (χ2n) is 11.7. The van der Waals surface area contributed by atoms with Crippen molar-refractivity contribution in [3.05, 3.63) is 70.7 Å². The van der Waals surface area contributed by atoms with Gasteiger partial charge in [-0.2, -0.15) is 5.10 Å². The third-order valence-corrected chi connectivity index (χ3v) is 8.09. The van der Waals surface area contributed by atoms with E-state index in [4.69, 9.17) is 0 Å². The molecule has 0 spiro atoms. The molecule has 1 heterocycles. The van der Waals surface area contributed by atoms with Crippen molar-refractivity contribution in [2.75, 3.05) is 11.6 Å². The Hall–Kier alpha value is -2.27. The van der Waals surface area contributed by atoms with Crippen molar-refractivity contribution < 1.29 is 4.39 Å². The number of nitrogens with zero attached hydrogens (tertiary/aromatic N) is 1. The molecule has 1 aliphatic rings. The highest BCUT2D eigenvalue weighted by Gasteiger charge is 2.29. The van der Waals surface area contributed by atoms with E-state index >= 15 is 0 Å². The van der Waals surface area contributed by atoms with Crippen LogP contribution in [0.5, 0.6) is 0 Å². The number of H-pyrrole nitrogens is 1. The fraction of sp³-hybridized carbons (Fsp3) is 0.531.